The molecule has 0 fully saturated rings. The molecular formula is C16H14F3N3O2. The van der Waals surface area contributed by atoms with E-state index in [2.05, 4.69) is 16.0 Å². The lowest BCUT2D eigenvalue weighted by molar-refractivity contribution is -0.115. The van der Waals surface area contributed by atoms with Gasteiger partial charge in [-0.1, -0.05) is 0 Å². The van der Waals surface area contributed by atoms with Crippen molar-refractivity contribution in [2.45, 2.75) is 6.92 Å². The number of hydrogen-bond acceptors (Lipinski definition) is 3. The molecule has 0 aliphatic carbocycles. The van der Waals surface area contributed by atoms with Gasteiger partial charge in [-0.25, -0.2) is 13.2 Å². The van der Waals surface area contributed by atoms with E-state index in [9.17, 15) is 22.8 Å². The van der Waals surface area contributed by atoms with Crippen molar-refractivity contribution in [3.8, 4) is 0 Å². The van der Waals surface area contributed by atoms with Crippen LogP contribution in [0.5, 0.6) is 0 Å². The van der Waals surface area contributed by atoms with Gasteiger partial charge < -0.3 is 16.0 Å². The Kier molecular flexibility index (Phi) is 5.41. The molecule has 0 aliphatic heterocycles. The van der Waals surface area contributed by atoms with Crippen molar-refractivity contribution >= 4 is 28.9 Å². The normalized spacial score (nSPS) is 10.2. The molecule has 0 unspecified atom stereocenters. The Morgan fingerprint density at radius 1 is 0.917 bits per heavy atom. The number of nitrogens with one attached hydrogen (secondary N) is 3. The molecule has 2 aromatic rings. The predicted octanol–water partition coefficient (Wildman–Crippen LogP) is 3.11. The molecule has 2 aromatic carbocycles. The van der Waals surface area contributed by atoms with Crippen LogP contribution in [0, 0.1) is 17.5 Å². The summed E-state index contributed by atoms with van der Waals surface area (Å²) in [4.78, 5) is 22.7. The van der Waals surface area contributed by atoms with Crippen LogP contribution in [-0.2, 0) is 9.59 Å². The van der Waals surface area contributed by atoms with Gasteiger partial charge in [0.25, 0.3) is 0 Å². The maximum absolute atomic E-state index is 13.5. The number of benzene rings is 2. The van der Waals surface area contributed by atoms with Gasteiger partial charge in [0.15, 0.2) is 0 Å². The zero-order valence-electron chi connectivity index (χ0n) is 12.6. The van der Waals surface area contributed by atoms with E-state index in [0.29, 0.717) is 5.69 Å². The second kappa shape index (κ2) is 7.49. The Morgan fingerprint density at radius 3 is 2.21 bits per heavy atom. The van der Waals surface area contributed by atoms with Gasteiger partial charge >= 0.3 is 0 Å². The molecule has 8 heteroatoms. The summed E-state index contributed by atoms with van der Waals surface area (Å²) >= 11 is 0. The molecule has 0 saturated heterocycles. The molecule has 5 nitrogen and oxygen atoms in total. The maximum atomic E-state index is 13.5. The quantitative estimate of drug-likeness (QED) is 0.785. The standard InChI is InChI=1S/C16H14F3N3O2/c1-9(23)21-15-7-11(3-5-13(15)19)20-8-16(24)22-14-6-10(17)2-4-12(14)18/h2-7,20H,8H2,1H3,(H,21,23)(H,22,24). The second-order valence-electron chi connectivity index (χ2n) is 4.90. The second-order valence-corrected chi connectivity index (χ2v) is 4.90. The van der Waals surface area contributed by atoms with Crippen LogP contribution in [-0.4, -0.2) is 18.4 Å². The molecular weight excluding hydrogens is 323 g/mol. The Labute approximate surface area is 135 Å². The smallest absolute Gasteiger partial charge is 0.243 e. The first-order valence-electron chi connectivity index (χ1n) is 6.91. The van der Waals surface area contributed by atoms with Gasteiger partial charge in [0.1, 0.15) is 17.5 Å². The summed E-state index contributed by atoms with van der Waals surface area (Å²) in [5.41, 5.74) is 0.0546. The number of amides is 2. The highest BCUT2D eigenvalue weighted by Crippen LogP contribution is 2.20. The number of carbonyl (C=O) groups is 2. The maximum Gasteiger partial charge on any atom is 0.243 e. The molecule has 0 heterocycles. The SMILES string of the molecule is CC(=O)Nc1cc(NCC(=O)Nc2cc(F)ccc2F)ccc1F. The predicted molar refractivity (Wildman–Crippen MR) is 84.2 cm³/mol. The Morgan fingerprint density at radius 2 is 1.54 bits per heavy atom. The van der Waals surface area contributed by atoms with Gasteiger partial charge in [-0.05, 0) is 30.3 Å². The Hall–Kier alpha value is -3.03. The minimum absolute atomic E-state index is 0.0379. The topological polar surface area (TPSA) is 70.2 Å². The molecule has 0 radical (unpaired) electrons. The summed E-state index contributed by atoms with van der Waals surface area (Å²) in [6, 6.07) is 6.50. The molecule has 0 saturated carbocycles. The molecule has 0 spiro atoms. The Balaban J connectivity index is 1.99. The number of rotatable bonds is 5. The molecule has 2 rings (SSSR count). The number of halogens is 3. The van der Waals surface area contributed by atoms with Crippen LogP contribution in [0.2, 0.25) is 0 Å². The van der Waals surface area contributed by atoms with Crippen LogP contribution in [0.25, 0.3) is 0 Å². The summed E-state index contributed by atoms with van der Waals surface area (Å²) in [6.45, 7) is 0.974. The van der Waals surface area contributed by atoms with Crippen LogP contribution >= 0.6 is 0 Å². The van der Waals surface area contributed by atoms with Crippen molar-refractivity contribution in [2.24, 2.45) is 0 Å². The van der Waals surface area contributed by atoms with E-state index in [-0.39, 0.29) is 17.9 Å². The zero-order valence-corrected chi connectivity index (χ0v) is 12.6. The third-order valence-corrected chi connectivity index (χ3v) is 2.93. The number of carbonyl (C=O) groups excluding carboxylic acids is 2. The highest BCUT2D eigenvalue weighted by molar-refractivity contribution is 5.94. The lowest BCUT2D eigenvalue weighted by atomic mass is 10.2. The van der Waals surface area contributed by atoms with Crippen molar-refractivity contribution in [3.05, 3.63) is 53.8 Å². The summed E-state index contributed by atoms with van der Waals surface area (Å²) < 4.78 is 40.0. The average Bonchev–Trinajstić information content (AvgIpc) is 2.51. The molecule has 0 atom stereocenters. The van der Waals surface area contributed by atoms with Crippen molar-refractivity contribution in [1.29, 1.82) is 0 Å². The average molecular weight is 337 g/mol. The van der Waals surface area contributed by atoms with E-state index in [1.54, 1.807) is 0 Å². The van der Waals surface area contributed by atoms with Gasteiger partial charge in [0.2, 0.25) is 11.8 Å². The molecule has 0 bridgehead atoms. The minimum atomic E-state index is -0.764. The largest absolute Gasteiger partial charge is 0.376 e. The summed E-state index contributed by atoms with van der Waals surface area (Å²) in [5, 5.41) is 7.22. The first-order valence-corrected chi connectivity index (χ1v) is 6.91. The molecule has 0 aromatic heterocycles. The summed E-state index contributed by atoms with van der Waals surface area (Å²) in [5.74, 6) is -3.13. The van der Waals surface area contributed by atoms with Gasteiger partial charge in [-0.3, -0.25) is 9.59 Å². The fourth-order valence-corrected chi connectivity index (χ4v) is 1.89. The monoisotopic (exact) mass is 337 g/mol. The van der Waals surface area contributed by atoms with E-state index >= 15 is 0 Å². The Bertz CT molecular complexity index is 781. The van der Waals surface area contributed by atoms with E-state index in [1.807, 2.05) is 0 Å². The third-order valence-electron chi connectivity index (χ3n) is 2.93. The highest BCUT2D eigenvalue weighted by atomic mass is 19.1. The lowest BCUT2D eigenvalue weighted by Crippen LogP contribution is -2.22. The van der Waals surface area contributed by atoms with Crippen molar-refractivity contribution in [1.82, 2.24) is 0 Å². The van der Waals surface area contributed by atoms with Crippen LogP contribution in [0.4, 0.5) is 30.2 Å². The van der Waals surface area contributed by atoms with E-state index in [0.717, 1.165) is 24.3 Å². The summed E-state index contributed by atoms with van der Waals surface area (Å²) in [6.07, 6.45) is 0. The van der Waals surface area contributed by atoms with Gasteiger partial charge in [0, 0.05) is 18.7 Å². The molecule has 2 amide bonds. The fraction of sp³-hybridized carbons (Fsp3) is 0.125. The number of hydrogen-bond donors (Lipinski definition) is 3. The van der Waals surface area contributed by atoms with Crippen LogP contribution in [0.15, 0.2) is 36.4 Å². The van der Waals surface area contributed by atoms with E-state index < -0.39 is 29.3 Å². The van der Waals surface area contributed by atoms with Crippen molar-refractivity contribution in [2.75, 3.05) is 22.5 Å². The van der Waals surface area contributed by atoms with Crippen LogP contribution in [0.1, 0.15) is 6.92 Å². The first-order chi connectivity index (χ1) is 11.3. The zero-order chi connectivity index (χ0) is 17.7. The van der Waals surface area contributed by atoms with Crippen LogP contribution in [0.3, 0.4) is 0 Å². The molecule has 126 valence electrons. The van der Waals surface area contributed by atoms with Crippen LogP contribution < -0.4 is 16.0 Å². The minimum Gasteiger partial charge on any atom is -0.376 e. The van der Waals surface area contributed by atoms with Crippen molar-refractivity contribution in [3.63, 3.8) is 0 Å². The first kappa shape index (κ1) is 17.3. The van der Waals surface area contributed by atoms with Gasteiger partial charge in [-0.2, -0.15) is 0 Å². The molecule has 24 heavy (non-hydrogen) atoms. The van der Waals surface area contributed by atoms with E-state index in [1.165, 1.54) is 19.1 Å². The number of anilines is 3. The van der Waals surface area contributed by atoms with E-state index in [4.69, 9.17) is 0 Å². The fourth-order valence-electron chi connectivity index (χ4n) is 1.89. The van der Waals surface area contributed by atoms with Gasteiger partial charge in [0.05, 0.1) is 17.9 Å². The molecule has 0 aliphatic rings. The summed E-state index contributed by atoms with van der Waals surface area (Å²) in [7, 11) is 0. The van der Waals surface area contributed by atoms with Gasteiger partial charge in [-0.15, -0.1) is 0 Å². The molecule has 3 N–H and O–H groups in total. The third kappa shape index (κ3) is 4.73. The highest BCUT2D eigenvalue weighted by Gasteiger charge is 2.09. The van der Waals surface area contributed by atoms with Crippen molar-refractivity contribution < 1.29 is 22.8 Å². The lowest BCUT2D eigenvalue weighted by Gasteiger charge is -2.10.